The van der Waals surface area contributed by atoms with Gasteiger partial charge >= 0.3 is 0 Å². The molecule has 0 spiro atoms. The molecule has 2 N–H and O–H groups in total. The van der Waals surface area contributed by atoms with Crippen LogP contribution in [0.5, 0.6) is 0 Å². The standard InChI is InChI=1S/C14H26N2/c1-3-9-16(13-6-7-13)11-14(15)8-4-5-12(2)10-14/h3,12-13H,1,4-11,15H2,2H3. The minimum absolute atomic E-state index is 0.0727. The van der Waals surface area contributed by atoms with Crippen LogP contribution in [0.15, 0.2) is 12.7 Å². The first-order chi connectivity index (χ1) is 7.63. The summed E-state index contributed by atoms with van der Waals surface area (Å²) in [5.74, 6) is 0.809. The lowest BCUT2D eigenvalue weighted by Crippen LogP contribution is -2.53. The van der Waals surface area contributed by atoms with Crippen molar-refractivity contribution in [2.75, 3.05) is 13.1 Å². The third-order valence-electron chi connectivity index (χ3n) is 4.07. The van der Waals surface area contributed by atoms with Gasteiger partial charge in [0.1, 0.15) is 0 Å². The first kappa shape index (κ1) is 12.1. The molecular formula is C14H26N2. The van der Waals surface area contributed by atoms with E-state index in [0.29, 0.717) is 0 Å². The maximum atomic E-state index is 6.57. The quantitative estimate of drug-likeness (QED) is 0.724. The second-order valence-electron chi connectivity index (χ2n) is 6.01. The fourth-order valence-corrected chi connectivity index (χ4v) is 3.20. The molecule has 0 aromatic heterocycles. The van der Waals surface area contributed by atoms with Crippen molar-refractivity contribution in [2.24, 2.45) is 11.7 Å². The van der Waals surface area contributed by atoms with Gasteiger partial charge in [-0.2, -0.15) is 0 Å². The molecule has 0 heterocycles. The van der Waals surface area contributed by atoms with Gasteiger partial charge in [-0.3, -0.25) is 4.90 Å². The van der Waals surface area contributed by atoms with E-state index in [1.165, 1.54) is 38.5 Å². The van der Waals surface area contributed by atoms with Gasteiger partial charge in [-0.05, 0) is 31.6 Å². The lowest BCUT2D eigenvalue weighted by molar-refractivity contribution is 0.154. The van der Waals surface area contributed by atoms with Gasteiger partial charge in [0.25, 0.3) is 0 Å². The largest absolute Gasteiger partial charge is 0.324 e. The van der Waals surface area contributed by atoms with Crippen molar-refractivity contribution >= 4 is 0 Å². The summed E-state index contributed by atoms with van der Waals surface area (Å²) in [6, 6.07) is 0.802. The van der Waals surface area contributed by atoms with Crippen molar-refractivity contribution in [3.05, 3.63) is 12.7 Å². The zero-order valence-corrected chi connectivity index (χ0v) is 10.6. The van der Waals surface area contributed by atoms with Crippen molar-refractivity contribution < 1.29 is 0 Å². The maximum Gasteiger partial charge on any atom is 0.0286 e. The molecule has 92 valence electrons. The molecule has 0 bridgehead atoms. The van der Waals surface area contributed by atoms with E-state index < -0.39 is 0 Å². The minimum atomic E-state index is 0.0727. The van der Waals surface area contributed by atoms with Crippen molar-refractivity contribution in [1.29, 1.82) is 0 Å². The molecular weight excluding hydrogens is 196 g/mol. The predicted molar refractivity (Wildman–Crippen MR) is 69.3 cm³/mol. The van der Waals surface area contributed by atoms with Crippen LogP contribution in [0, 0.1) is 5.92 Å². The highest BCUT2D eigenvalue weighted by Crippen LogP contribution is 2.34. The van der Waals surface area contributed by atoms with Gasteiger partial charge in [0.05, 0.1) is 0 Å². The summed E-state index contributed by atoms with van der Waals surface area (Å²) in [7, 11) is 0. The van der Waals surface area contributed by atoms with E-state index in [-0.39, 0.29) is 5.54 Å². The summed E-state index contributed by atoms with van der Waals surface area (Å²) < 4.78 is 0. The molecule has 2 saturated carbocycles. The van der Waals surface area contributed by atoms with Crippen LogP contribution in [-0.4, -0.2) is 29.6 Å². The van der Waals surface area contributed by atoms with Crippen LogP contribution in [0.2, 0.25) is 0 Å². The third-order valence-corrected chi connectivity index (χ3v) is 4.07. The summed E-state index contributed by atoms with van der Waals surface area (Å²) in [5.41, 5.74) is 6.64. The number of nitrogens with two attached hydrogens (primary N) is 1. The SMILES string of the molecule is C=CCN(CC1(N)CCCC(C)C1)C1CC1. The van der Waals surface area contributed by atoms with E-state index >= 15 is 0 Å². The Morgan fingerprint density at radius 1 is 1.44 bits per heavy atom. The Morgan fingerprint density at radius 3 is 2.75 bits per heavy atom. The zero-order valence-electron chi connectivity index (χ0n) is 10.6. The molecule has 2 rings (SSSR count). The molecule has 2 aliphatic carbocycles. The lowest BCUT2D eigenvalue weighted by atomic mass is 9.77. The molecule has 0 aromatic rings. The number of hydrogen-bond donors (Lipinski definition) is 1. The van der Waals surface area contributed by atoms with Crippen molar-refractivity contribution in [1.82, 2.24) is 4.90 Å². The molecule has 2 aliphatic rings. The topological polar surface area (TPSA) is 29.3 Å². The maximum absolute atomic E-state index is 6.57. The van der Waals surface area contributed by atoms with Crippen molar-refractivity contribution in [3.8, 4) is 0 Å². The first-order valence-electron chi connectivity index (χ1n) is 6.77. The highest BCUT2D eigenvalue weighted by molar-refractivity contribution is 4.97. The van der Waals surface area contributed by atoms with Gasteiger partial charge in [0, 0.05) is 24.7 Å². The van der Waals surface area contributed by atoms with E-state index in [1.54, 1.807) is 0 Å². The van der Waals surface area contributed by atoms with Gasteiger partial charge in [0.2, 0.25) is 0 Å². The molecule has 0 aliphatic heterocycles. The van der Waals surface area contributed by atoms with E-state index in [0.717, 1.165) is 25.0 Å². The number of rotatable bonds is 5. The zero-order chi connectivity index (χ0) is 11.6. The molecule has 0 saturated heterocycles. The summed E-state index contributed by atoms with van der Waals surface area (Å²) in [5, 5.41) is 0. The summed E-state index contributed by atoms with van der Waals surface area (Å²) in [6.07, 6.45) is 9.83. The molecule has 2 unspecified atom stereocenters. The highest BCUT2D eigenvalue weighted by Gasteiger charge is 2.37. The fraction of sp³-hybridized carbons (Fsp3) is 0.857. The van der Waals surface area contributed by atoms with Crippen LogP contribution >= 0.6 is 0 Å². The average Bonchev–Trinajstić information content (AvgIpc) is 2.99. The number of nitrogens with zero attached hydrogens (tertiary/aromatic N) is 1. The second-order valence-corrected chi connectivity index (χ2v) is 6.01. The van der Waals surface area contributed by atoms with Gasteiger partial charge in [-0.1, -0.05) is 25.8 Å². The van der Waals surface area contributed by atoms with Gasteiger partial charge < -0.3 is 5.73 Å². The van der Waals surface area contributed by atoms with Gasteiger partial charge in [0.15, 0.2) is 0 Å². The molecule has 0 aromatic carbocycles. The van der Waals surface area contributed by atoms with E-state index in [4.69, 9.17) is 5.73 Å². The Kier molecular flexibility index (Phi) is 3.70. The summed E-state index contributed by atoms with van der Waals surface area (Å²) in [6.45, 7) is 8.29. The lowest BCUT2D eigenvalue weighted by Gasteiger charge is -2.40. The fourth-order valence-electron chi connectivity index (χ4n) is 3.20. The molecule has 0 amide bonds. The Bertz CT molecular complexity index is 247. The van der Waals surface area contributed by atoms with Crippen LogP contribution in [-0.2, 0) is 0 Å². The summed E-state index contributed by atoms with van der Waals surface area (Å²) in [4.78, 5) is 2.55. The molecule has 2 fully saturated rings. The Balaban J connectivity index is 1.91. The minimum Gasteiger partial charge on any atom is -0.324 e. The van der Waals surface area contributed by atoms with Crippen LogP contribution < -0.4 is 5.73 Å². The Labute approximate surface area is 99.9 Å². The third kappa shape index (κ3) is 3.08. The molecule has 0 radical (unpaired) electrons. The molecule has 2 atom stereocenters. The first-order valence-corrected chi connectivity index (χ1v) is 6.77. The van der Waals surface area contributed by atoms with Crippen LogP contribution in [0.4, 0.5) is 0 Å². The van der Waals surface area contributed by atoms with Gasteiger partial charge in [-0.15, -0.1) is 6.58 Å². The van der Waals surface area contributed by atoms with E-state index in [9.17, 15) is 0 Å². The highest BCUT2D eigenvalue weighted by atomic mass is 15.2. The van der Waals surface area contributed by atoms with Crippen molar-refractivity contribution in [3.63, 3.8) is 0 Å². The Hall–Kier alpha value is -0.340. The monoisotopic (exact) mass is 222 g/mol. The van der Waals surface area contributed by atoms with E-state index in [2.05, 4.69) is 18.4 Å². The predicted octanol–water partition coefficient (Wildman–Crippen LogP) is 2.54. The molecule has 2 nitrogen and oxygen atoms in total. The smallest absolute Gasteiger partial charge is 0.0286 e. The average molecular weight is 222 g/mol. The van der Waals surface area contributed by atoms with E-state index in [1.807, 2.05) is 6.08 Å². The Morgan fingerprint density at radius 2 is 2.19 bits per heavy atom. The van der Waals surface area contributed by atoms with Crippen molar-refractivity contribution in [2.45, 2.75) is 57.0 Å². The van der Waals surface area contributed by atoms with Crippen LogP contribution in [0.3, 0.4) is 0 Å². The summed E-state index contributed by atoms with van der Waals surface area (Å²) >= 11 is 0. The van der Waals surface area contributed by atoms with Crippen LogP contribution in [0.1, 0.15) is 45.4 Å². The van der Waals surface area contributed by atoms with Crippen LogP contribution in [0.25, 0.3) is 0 Å². The molecule has 16 heavy (non-hydrogen) atoms. The molecule has 2 heteroatoms. The second kappa shape index (κ2) is 4.89. The normalized spacial score (nSPS) is 35.3. The number of hydrogen-bond acceptors (Lipinski definition) is 2. The van der Waals surface area contributed by atoms with Gasteiger partial charge in [-0.25, -0.2) is 0 Å².